The molecule has 0 radical (unpaired) electrons. The number of oxime groups is 1. The first-order valence-electron chi connectivity index (χ1n) is 43.3. The van der Waals surface area contributed by atoms with Crippen molar-refractivity contribution in [1.29, 1.82) is 5.41 Å². The Morgan fingerprint density at radius 3 is 1.82 bits per heavy atom. The number of carboxylic acids is 5. The minimum absolute atomic E-state index is 0.000684. The van der Waals surface area contributed by atoms with Gasteiger partial charge in [0.1, 0.15) is 63.2 Å². The summed E-state index contributed by atoms with van der Waals surface area (Å²) in [6.45, 7) is 15.2. The number of carboxylic acid groups (broad SMARTS) is 5. The largest absolute Gasteiger partial charge is 0.493 e. The molecule has 2 aromatic heterocycles. The van der Waals surface area contributed by atoms with E-state index in [-0.39, 0.29) is 159 Å². The molecule has 22 N–H and O–H groups in total. The number of anilines is 4. The molecule has 4 heterocycles. The van der Waals surface area contributed by atoms with Gasteiger partial charge in [0.05, 0.1) is 107 Å². The zero-order valence-corrected chi connectivity index (χ0v) is 78.4. The predicted octanol–water partition coefficient (Wildman–Crippen LogP) is 2.53. The highest BCUT2D eigenvalue weighted by Gasteiger charge is 2.46. The Labute approximate surface area is 812 Å². The molecule has 7 rings (SSSR count). The smallest absolute Gasteiger partial charge is 0.412 e. The lowest BCUT2D eigenvalue weighted by atomic mass is 10.1. The van der Waals surface area contributed by atoms with Gasteiger partial charge in [0.2, 0.25) is 35.5 Å². The molecule has 5 aromatic rings. The zero-order valence-electron chi connectivity index (χ0n) is 76.8. The molecule has 1 unspecified atom stereocenters. The molecule has 2 fully saturated rings. The Kier molecular flexibility index (Phi) is 45.4. The van der Waals surface area contributed by atoms with E-state index in [9.17, 15) is 107 Å². The number of carbonyl (C=O) groups is 16. The average molecular weight is 2010 g/mol. The van der Waals surface area contributed by atoms with E-state index < -0.39 is 200 Å². The van der Waals surface area contributed by atoms with Gasteiger partial charge < -0.3 is 132 Å². The number of likely N-dealkylation sites (tertiary alicyclic amines) is 1. The number of nitrogens with one attached hydrogen (secondary N) is 13. The maximum atomic E-state index is 14.7. The highest BCUT2D eigenvalue weighted by Crippen LogP contribution is 2.39. The number of H-pyrrole nitrogens is 1. The van der Waals surface area contributed by atoms with Crippen LogP contribution in [0.15, 0.2) is 114 Å². The molecule has 52 nitrogen and oxygen atoms in total. The van der Waals surface area contributed by atoms with E-state index in [1.54, 1.807) is 0 Å². The number of carbonyl (C=O) groups excluding carboxylic acids is 11. The van der Waals surface area contributed by atoms with Crippen molar-refractivity contribution in [2.75, 3.05) is 120 Å². The molecule has 0 spiro atoms. The van der Waals surface area contributed by atoms with E-state index in [0.29, 0.717) is 54.6 Å². The second kappa shape index (κ2) is 57.2. The van der Waals surface area contributed by atoms with Crippen LogP contribution in [0.25, 0.3) is 11.2 Å². The van der Waals surface area contributed by atoms with Crippen LogP contribution in [0.5, 0.6) is 23.0 Å². The number of unbranched alkanes of at least 4 members (excludes halogenated alkanes) is 2. The lowest BCUT2D eigenvalue weighted by Crippen LogP contribution is -2.59. The Hall–Kier alpha value is -16.0. The second-order valence-corrected chi connectivity index (χ2v) is 33.4. The number of aromatic nitrogens is 4. The summed E-state index contributed by atoms with van der Waals surface area (Å²) in [6.07, 6.45) is -1.30. The van der Waals surface area contributed by atoms with Crippen molar-refractivity contribution in [2.24, 2.45) is 10.9 Å². The molecule has 0 saturated carbocycles. The number of ether oxygens (including phenoxy) is 8. The summed E-state index contributed by atoms with van der Waals surface area (Å²) in [7, 11) is 5.80. The maximum Gasteiger partial charge on any atom is 0.412 e. The normalized spacial score (nSPS) is 14.3. The Bertz CT molecular complexity index is 5500. The van der Waals surface area contributed by atoms with Crippen LogP contribution in [-0.2, 0) is 78.3 Å². The van der Waals surface area contributed by atoms with Gasteiger partial charge in [0, 0.05) is 67.2 Å². The minimum Gasteiger partial charge on any atom is -0.493 e. The predicted molar refractivity (Wildman–Crippen MR) is 506 cm³/mol. The Morgan fingerprint density at radius 2 is 1.23 bits per heavy atom. The first-order valence-corrected chi connectivity index (χ1v) is 45.7. The number of nitrogens with zero attached hydrogens (tertiary/aromatic N) is 6. The lowest BCUT2D eigenvalue weighted by molar-refractivity contribution is -0.144. The monoisotopic (exact) mass is 2010 g/mol. The molecular formula is C87H111N21O31S2. The maximum absolute atomic E-state index is 14.7. The van der Waals surface area contributed by atoms with Gasteiger partial charge in [-0.25, -0.2) is 33.9 Å². The van der Waals surface area contributed by atoms with Gasteiger partial charge in [-0.3, -0.25) is 83.5 Å². The number of hydrogen-bond donors (Lipinski definition) is 20. The fourth-order valence-corrected chi connectivity index (χ4v) is 15.4. The number of aromatic amines is 1. The van der Waals surface area contributed by atoms with Crippen LogP contribution >= 0.6 is 21.6 Å². The van der Waals surface area contributed by atoms with E-state index in [0.717, 1.165) is 21.6 Å². The van der Waals surface area contributed by atoms with Crippen LogP contribution < -0.4 is 94.5 Å². The number of guanidine groups is 1. The number of nitrogens with two attached hydrogens (primary N) is 2. The highest BCUT2D eigenvalue weighted by molar-refractivity contribution is 8.76. The van der Waals surface area contributed by atoms with Gasteiger partial charge in [-0.2, -0.15) is 4.98 Å². The van der Waals surface area contributed by atoms with Crippen LogP contribution in [-0.4, -0.2) is 310 Å². The third-order valence-corrected chi connectivity index (χ3v) is 22.6. The molecule has 2 saturated heterocycles. The molecule has 0 aliphatic carbocycles. The molecule has 8 atom stereocenters. The number of fused-ring (bicyclic) bond motifs is 1. The van der Waals surface area contributed by atoms with Gasteiger partial charge in [-0.1, -0.05) is 76.4 Å². The van der Waals surface area contributed by atoms with Gasteiger partial charge >= 0.3 is 48.1 Å². The molecule has 2 aliphatic rings. The van der Waals surface area contributed by atoms with Crippen molar-refractivity contribution >= 4 is 163 Å². The standard InChI is InChI=1S/C87H111N21O31S2/c1-8-26-137-85(128)104-56-37-65(63(132-6)35-52(56)79(123)108-44-47(4)33-61(108)80-107(25-30-136-80)87(130)139-27-9-2)135-29-12-10-11-28-134-64-36-55(51(34-62(64)131-5)73(117)94-41-46(3)15-13-24-95-133-7)103-86(129)138-31-32-140-141-45-60(82(126)127)102-77(121)59(40-69(114)115)101-76(120)58(39-68(112)113)100-74(118)53(16-14-23-91-83(88)89)98-75(119)57(38-67(110)111)97-66(109)22-21-54(81(124)125)99-72(116)48-17-19-49(20-18-48)92-42-50-43-93-71-70(96-50)78(122)106-84(90)105-71/h8-9,17-20,24,34-37,43,53-54,57-61,80,92H,1-4,10-16,21-23,25-33,38-42,44-45H2,5-7H3,(H,94,117)(H,97,109)(H,98,119)(H,99,116)(H,100,118)(H,101,120)(H,102,121)(H,103,129)(H,104,128)(H,110,111)(H,112,113)(H,114,115)(H,124,125)(H,126,127)(H4,88,89,91)(H3,90,93,105,106,122)/b95-24+/t53-,54-,57-,58-,59-,60-,61-,80?/m0/s1. The molecule has 54 heteroatoms. The number of amides is 11. The van der Waals surface area contributed by atoms with Crippen LogP contribution in [0.3, 0.4) is 0 Å². The number of hydrogen-bond acceptors (Lipinski definition) is 35. The number of benzene rings is 3. The summed E-state index contributed by atoms with van der Waals surface area (Å²) in [5, 5.41) is 87.2. The van der Waals surface area contributed by atoms with E-state index in [1.807, 2.05) is 5.32 Å². The summed E-state index contributed by atoms with van der Waals surface area (Å²) in [5.74, 6) is -18.4. The summed E-state index contributed by atoms with van der Waals surface area (Å²) < 4.78 is 45.6. The first-order chi connectivity index (χ1) is 67.3. The van der Waals surface area contributed by atoms with Gasteiger partial charge in [0.15, 0.2) is 46.3 Å². The Balaban J connectivity index is 0.932. The summed E-state index contributed by atoms with van der Waals surface area (Å²) in [4.78, 5) is 247. The SMILES string of the molecule is C=CCOC(=O)Nc1cc(OCCCCCOc2cc(NC(=O)OCCSSC[C@H](NC(=O)[C@H](CC(=O)O)NC(=O)[C@H](CC(=O)O)NC(=O)[C@H](CCCNC(=N)N)NC(=O)[C@H](CC(=O)O)NC(=O)CC[C@H](NC(=O)c3ccc(NCc4cnc5nc(N)[nH]c(=O)c5n4)cc3)C(=O)O)C(=O)O)c(C(=O)NCC(=C)CC/C=N/OC)cc2OC)c(OC)cc1C(=O)N1CC(=C)C[C@H]1C1OCCN1C(=O)OCC=C. The molecule has 0 bridgehead atoms. The fraction of sp³-hybridized carbons (Fsp3) is 0.425. The van der Waals surface area contributed by atoms with Crippen LogP contribution in [0.1, 0.15) is 120 Å². The van der Waals surface area contributed by atoms with Gasteiger partial charge in [-0.15, -0.1) is 0 Å². The highest BCUT2D eigenvalue weighted by atomic mass is 33.1. The van der Waals surface area contributed by atoms with Gasteiger partial charge in [0.25, 0.3) is 23.3 Å². The summed E-state index contributed by atoms with van der Waals surface area (Å²) in [6, 6.07) is -1.61. The summed E-state index contributed by atoms with van der Waals surface area (Å²) >= 11 is 0. The topological polar surface area (TPSA) is 756 Å². The quantitative estimate of drug-likeness (QED) is 0.00506. The average Bonchev–Trinajstić information content (AvgIpc) is 1.65. The van der Waals surface area contributed by atoms with E-state index >= 15 is 0 Å². The van der Waals surface area contributed by atoms with E-state index in [1.165, 1.54) is 104 Å². The third-order valence-electron chi connectivity index (χ3n) is 20.2. The molecule has 2 aliphatic heterocycles. The number of aliphatic carboxylic acids is 5. The third kappa shape index (κ3) is 36.8. The van der Waals surface area contributed by atoms with E-state index in [2.05, 4.69) is 105 Å². The lowest BCUT2D eigenvalue weighted by Gasteiger charge is -2.33. The first kappa shape index (κ1) is 112. The molecular weight excluding hydrogens is 1900 g/mol. The van der Waals surface area contributed by atoms with Crippen molar-refractivity contribution in [3.63, 3.8) is 0 Å². The molecule has 11 amide bonds. The second-order valence-electron chi connectivity index (χ2n) is 30.7. The van der Waals surface area contributed by atoms with Gasteiger partial charge in [-0.05, 0) is 94.2 Å². The molecule has 3 aromatic carbocycles. The van der Waals surface area contributed by atoms with Crippen molar-refractivity contribution in [1.82, 2.24) is 72.3 Å². The minimum atomic E-state index is -2.24. The molecule has 762 valence electrons. The molecule has 141 heavy (non-hydrogen) atoms. The number of nitrogen functional groups attached to an aromatic ring is 1. The van der Waals surface area contributed by atoms with Crippen molar-refractivity contribution < 1.29 is 145 Å². The van der Waals surface area contributed by atoms with Crippen LogP contribution in [0.2, 0.25) is 0 Å². The number of rotatable bonds is 60. The van der Waals surface area contributed by atoms with Crippen molar-refractivity contribution in [3.05, 3.63) is 137 Å². The zero-order chi connectivity index (χ0) is 103. The number of methoxy groups -OCH3 is 2. The fourth-order valence-electron chi connectivity index (χ4n) is 13.5. The van der Waals surface area contributed by atoms with Crippen molar-refractivity contribution in [2.45, 2.75) is 139 Å². The van der Waals surface area contributed by atoms with Crippen molar-refractivity contribution in [3.8, 4) is 23.0 Å². The van der Waals surface area contributed by atoms with Crippen LogP contribution in [0, 0.1) is 5.41 Å². The van der Waals surface area contributed by atoms with E-state index in [4.69, 9.17) is 59.6 Å². The van der Waals surface area contributed by atoms with Crippen LogP contribution in [0.4, 0.5) is 37.4 Å². The Morgan fingerprint density at radius 1 is 0.652 bits per heavy atom. The summed E-state index contributed by atoms with van der Waals surface area (Å²) in [5.41, 5.74) is 12.1.